The van der Waals surface area contributed by atoms with Crippen LogP contribution in [0.4, 0.5) is 0 Å². The summed E-state index contributed by atoms with van der Waals surface area (Å²) in [6, 6.07) is 6.71. The lowest BCUT2D eigenvalue weighted by molar-refractivity contribution is 0.174. The van der Waals surface area contributed by atoms with E-state index >= 15 is 0 Å². The van der Waals surface area contributed by atoms with Crippen molar-refractivity contribution in [3.8, 4) is 11.5 Å². The maximum Gasteiger partial charge on any atom is 0.231 e. The zero-order valence-electron chi connectivity index (χ0n) is 16.0. The molecule has 0 unspecified atom stereocenters. The Morgan fingerprint density at radius 3 is 2.68 bits per heavy atom. The molecule has 0 fully saturated rings. The van der Waals surface area contributed by atoms with Crippen LogP contribution in [-0.4, -0.2) is 57.4 Å². The van der Waals surface area contributed by atoms with Crippen molar-refractivity contribution in [2.45, 2.75) is 39.2 Å². The third-order valence-electron chi connectivity index (χ3n) is 4.48. The van der Waals surface area contributed by atoms with E-state index in [2.05, 4.69) is 47.5 Å². The van der Waals surface area contributed by atoms with Gasteiger partial charge in [0.15, 0.2) is 17.5 Å². The Kier molecular flexibility index (Phi) is 7.85. The summed E-state index contributed by atoms with van der Waals surface area (Å²) in [5.41, 5.74) is 1.23. The highest BCUT2D eigenvalue weighted by Gasteiger charge is 2.12. The molecule has 140 valence electrons. The zero-order valence-corrected chi connectivity index (χ0v) is 16.0. The van der Waals surface area contributed by atoms with Gasteiger partial charge in [0, 0.05) is 26.2 Å². The Labute approximate surface area is 151 Å². The number of unbranched alkanes of at least 4 members (excludes halogenated alkanes) is 1. The van der Waals surface area contributed by atoms with Gasteiger partial charge in [-0.05, 0) is 64.4 Å². The van der Waals surface area contributed by atoms with Gasteiger partial charge in [0.2, 0.25) is 6.79 Å². The summed E-state index contributed by atoms with van der Waals surface area (Å²) in [6.07, 6.45) is 3.24. The molecule has 0 saturated heterocycles. The number of rotatable bonds is 9. The van der Waals surface area contributed by atoms with E-state index in [4.69, 9.17) is 9.47 Å². The van der Waals surface area contributed by atoms with E-state index in [9.17, 15) is 0 Å². The van der Waals surface area contributed by atoms with Crippen LogP contribution in [-0.2, 0) is 6.42 Å². The number of benzene rings is 1. The molecule has 1 aromatic carbocycles. The molecule has 0 spiro atoms. The molecular weight excluding hydrogens is 316 g/mol. The number of hydrogen-bond donors (Lipinski definition) is 2. The van der Waals surface area contributed by atoms with Crippen molar-refractivity contribution in [2.75, 3.05) is 40.5 Å². The Morgan fingerprint density at radius 1 is 1.16 bits per heavy atom. The number of ether oxygens (including phenoxy) is 2. The van der Waals surface area contributed by atoms with Gasteiger partial charge in [-0.1, -0.05) is 6.07 Å². The van der Waals surface area contributed by atoms with Gasteiger partial charge in [-0.3, -0.25) is 4.99 Å². The molecule has 0 amide bonds. The standard InChI is InChI=1S/C19H32N4O2/c1-15(2)23(4)12-6-5-10-21-19(20-3)22-11-9-16-7-8-17-18(13-16)25-14-24-17/h7-8,13,15H,5-6,9-12,14H2,1-4H3,(H2,20,21,22). The Balaban J connectivity index is 1.60. The van der Waals surface area contributed by atoms with Gasteiger partial charge < -0.3 is 25.0 Å². The number of nitrogens with zero attached hydrogens (tertiary/aromatic N) is 2. The van der Waals surface area contributed by atoms with Crippen LogP contribution in [0.3, 0.4) is 0 Å². The van der Waals surface area contributed by atoms with Crippen molar-refractivity contribution in [3.05, 3.63) is 23.8 Å². The molecule has 25 heavy (non-hydrogen) atoms. The van der Waals surface area contributed by atoms with Crippen LogP contribution in [0.25, 0.3) is 0 Å². The number of nitrogens with one attached hydrogen (secondary N) is 2. The molecule has 1 aliphatic heterocycles. The number of aliphatic imine (C=N–C) groups is 1. The molecule has 0 radical (unpaired) electrons. The zero-order chi connectivity index (χ0) is 18.1. The van der Waals surface area contributed by atoms with Crippen LogP contribution in [0, 0.1) is 0 Å². The fourth-order valence-electron chi connectivity index (χ4n) is 2.59. The maximum atomic E-state index is 5.41. The van der Waals surface area contributed by atoms with Gasteiger partial charge in [0.05, 0.1) is 0 Å². The van der Waals surface area contributed by atoms with E-state index in [1.165, 1.54) is 12.0 Å². The largest absolute Gasteiger partial charge is 0.454 e. The first-order valence-corrected chi connectivity index (χ1v) is 9.13. The van der Waals surface area contributed by atoms with Gasteiger partial charge in [0.1, 0.15) is 0 Å². The SMILES string of the molecule is CN=C(NCCCCN(C)C(C)C)NCCc1ccc2c(c1)OCO2. The predicted octanol–water partition coefficient (Wildman–Crippen LogP) is 2.24. The van der Waals surface area contributed by atoms with E-state index in [0.29, 0.717) is 12.8 Å². The minimum Gasteiger partial charge on any atom is -0.454 e. The molecular formula is C19H32N4O2. The average Bonchev–Trinajstić information content (AvgIpc) is 3.07. The minimum atomic E-state index is 0.320. The third kappa shape index (κ3) is 6.46. The molecule has 0 saturated carbocycles. The predicted molar refractivity (Wildman–Crippen MR) is 103 cm³/mol. The smallest absolute Gasteiger partial charge is 0.231 e. The second kappa shape index (κ2) is 10.1. The summed E-state index contributed by atoms with van der Waals surface area (Å²) in [6.45, 7) is 7.68. The first-order valence-electron chi connectivity index (χ1n) is 9.13. The molecule has 1 aromatic rings. The molecule has 1 aliphatic rings. The molecule has 0 aromatic heterocycles. The monoisotopic (exact) mass is 348 g/mol. The lowest BCUT2D eigenvalue weighted by Gasteiger charge is -2.20. The summed E-state index contributed by atoms with van der Waals surface area (Å²) in [4.78, 5) is 6.65. The van der Waals surface area contributed by atoms with Crippen molar-refractivity contribution >= 4 is 5.96 Å². The van der Waals surface area contributed by atoms with E-state index in [1.807, 2.05) is 19.2 Å². The van der Waals surface area contributed by atoms with Gasteiger partial charge in [-0.25, -0.2) is 0 Å². The topological polar surface area (TPSA) is 58.1 Å². The Bertz CT molecular complexity index is 560. The van der Waals surface area contributed by atoms with Gasteiger partial charge in [-0.2, -0.15) is 0 Å². The van der Waals surface area contributed by atoms with Crippen LogP contribution < -0.4 is 20.1 Å². The summed E-state index contributed by atoms with van der Waals surface area (Å²) in [7, 11) is 3.98. The van der Waals surface area contributed by atoms with E-state index in [0.717, 1.165) is 49.9 Å². The van der Waals surface area contributed by atoms with E-state index < -0.39 is 0 Å². The van der Waals surface area contributed by atoms with Crippen molar-refractivity contribution in [1.82, 2.24) is 15.5 Å². The first-order chi connectivity index (χ1) is 12.1. The van der Waals surface area contributed by atoms with Gasteiger partial charge in [0.25, 0.3) is 0 Å². The summed E-state index contributed by atoms with van der Waals surface area (Å²) in [5, 5.41) is 6.74. The van der Waals surface area contributed by atoms with E-state index in [-0.39, 0.29) is 0 Å². The molecule has 2 rings (SSSR count). The molecule has 1 heterocycles. The molecule has 6 nitrogen and oxygen atoms in total. The lowest BCUT2D eigenvalue weighted by atomic mass is 10.1. The van der Waals surface area contributed by atoms with Crippen LogP contribution in [0.2, 0.25) is 0 Å². The molecule has 0 bridgehead atoms. The second-order valence-corrected chi connectivity index (χ2v) is 6.64. The van der Waals surface area contributed by atoms with Crippen LogP contribution in [0.5, 0.6) is 11.5 Å². The summed E-state index contributed by atoms with van der Waals surface area (Å²) < 4.78 is 10.7. The second-order valence-electron chi connectivity index (χ2n) is 6.64. The first kappa shape index (κ1) is 19.4. The summed E-state index contributed by atoms with van der Waals surface area (Å²) in [5.74, 6) is 2.53. The van der Waals surface area contributed by atoms with Crippen LogP contribution >= 0.6 is 0 Å². The number of fused-ring (bicyclic) bond motifs is 1. The molecule has 6 heteroatoms. The van der Waals surface area contributed by atoms with E-state index in [1.54, 1.807) is 0 Å². The fraction of sp³-hybridized carbons (Fsp3) is 0.632. The highest BCUT2D eigenvalue weighted by molar-refractivity contribution is 5.79. The van der Waals surface area contributed by atoms with Crippen molar-refractivity contribution in [1.29, 1.82) is 0 Å². The molecule has 0 aliphatic carbocycles. The maximum absolute atomic E-state index is 5.41. The molecule has 0 atom stereocenters. The van der Waals surface area contributed by atoms with Crippen molar-refractivity contribution in [2.24, 2.45) is 4.99 Å². The van der Waals surface area contributed by atoms with Gasteiger partial charge >= 0.3 is 0 Å². The van der Waals surface area contributed by atoms with Crippen LogP contribution in [0.1, 0.15) is 32.3 Å². The third-order valence-corrected chi connectivity index (χ3v) is 4.48. The quantitative estimate of drug-likeness (QED) is 0.407. The summed E-state index contributed by atoms with van der Waals surface area (Å²) >= 11 is 0. The highest BCUT2D eigenvalue weighted by Crippen LogP contribution is 2.32. The van der Waals surface area contributed by atoms with Crippen molar-refractivity contribution < 1.29 is 9.47 Å². The molecule has 2 N–H and O–H groups in total. The van der Waals surface area contributed by atoms with Crippen molar-refractivity contribution in [3.63, 3.8) is 0 Å². The highest BCUT2D eigenvalue weighted by atomic mass is 16.7. The minimum absolute atomic E-state index is 0.320. The normalized spacial score (nSPS) is 13.6. The van der Waals surface area contributed by atoms with Crippen LogP contribution in [0.15, 0.2) is 23.2 Å². The van der Waals surface area contributed by atoms with Gasteiger partial charge in [-0.15, -0.1) is 0 Å². The Morgan fingerprint density at radius 2 is 1.92 bits per heavy atom. The Hall–Kier alpha value is -1.95. The average molecular weight is 348 g/mol. The number of guanidine groups is 1. The number of hydrogen-bond acceptors (Lipinski definition) is 4. The lowest BCUT2D eigenvalue weighted by Crippen LogP contribution is -2.39. The fourth-order valence-corrected chi connectivity index (χ4v) is 2.59.